The van der Waals surface area contributed by atoms with Gasteiger partial charge < -0.3 is 10.5 Å². The number of nitrogens with zero attached hydrogens (tertiary/aromatic N) is 1. The predicted molar refractivity (Wildman–Crippen MR) is 65.8 cm³/mol. The number of aromatic nitrogens is 1. The number of hydrogen-bond donors (Lipinski definition) is 1. The molecule has 0 unspecified atom stereocenters. The van der Waals surface area contributed by atoms with Crippen LogP contribution in [-0.4, -0.2) is 18.6 Å². The lowest BCUT2D eigenvalue weighted by molar-refractivity contribution is 0.419. The van der Waals surface area contributed by atoms with Gasteiger partial charge in [-0.05, 0) is 43.1 Å². The summed E-state index contributed by atoms with van der Waals surface area (Å²) in [5, 5.41) is 1.17. The van der Waals surface area contributed by atoms with Crippen LogP contribution in [0.25, 0.3) is 10.9 Å². The molecule has 0 fully saturated rings. The van der Waals surface area contributed by atoms with Gasteiger partial charge in [0.15, 0.2) is 0 Å². The highest BCUT2D eigenvalue weighted by molar-refractivity contribution is 5.90. The van der Waals surface area contributed by atoms with E-state index in [4.69, 9.17) is 10.5 Å². The third-order valence-electron chi connectivity index (χ3n) is 2.78. The molecule has 0 atom stereocenters. The molecule has 1 aromatic carbocycles. The Hall–Kier alpha value is -1.61. The van der Waals surface area contributed by atoms with Crippen molar-refractivity contribution in [3.05, 3.63) is 35.5 Å². The minimum atomic E-state index is 0.649. The SMILES string of the molecule is COc1ccc(CCN)c2c(C)ccnc12. The zero-order chi connectivity index (χ0) is 11.5. The maximum Gasteiger partial charge on any atom is 0.145 e. The second-order valence-corrected chi connectivity index (χ2v) is 3.82. The molecule has 84 valence electrons. The van der Waals surface area contributed by atoms with Gasteiger partial charge in [-0.25, -0.2) is 0 Å². The van der Waals surface area contributed by atoms with Gasteiger partial charge >= 0.3 is 0 Å². The second-order valence-electron chi connectivity index (χ2n) is 3.82. The zero-order valence-electron chi connectivity index (χ0n) is 9.66. The molecule has 2 N–H and O–H groups in total. The highest BCUT2D eigenvalue weighted by atomic mass is 16.5. The average Bonchev–Trinajstić information content (AvgIpc) is 2.30. The fraction of sp³-hybridized carbons (Fsp3) is 0.308. The normalized spacial score (nSPS) is 10.7. The Morgan fingerprint density at radius 1 is 1.31 bits per heavy atom. The van der Waals surface area contributed by atoms with E-state index in [9.17, 15) is 0 Å². The Bertz CT molecular complexity index is 509. The molecule has 0 saturated heterocycles. The second kappa shape index (κ2) is 4.49. The molecule has 1 aromatic heterocycles. The summed E-state index contributed by atoms with van der Waals surface area (Å²) in [4.78, 5) is 4.39. The molecular weight excluding hydrogens is 200 g/mol. The van der Waals surface area contributed by atoms with Gasteiger partial charge in [-0.15, -0.1) is 0 Å². The molecule has 0 saturated carbocycles. The molecule has 0 aliphatic carbocycles. The van der Waals surface area contributed by atoms with Crippen molar-refractivity contribution in [2.24, 2.45) is 5.73 Å². The topological polar surface area (TPSA) is 48.1 Å². The number of ether oxygens (including phenoxy) is 1. The summed E-state index contributed by atoms with van der Waals surface area (Å²) in [6.45, 7) is 2.74. The number of nitrogens with two attached hydrogens (primary N) is 1. The van der Waals surface area contributed by atoms with Crippen molar-refractivity contribution in [1.82, 2.24) is 4.98 Å². The monoisotopic (exact) mass is 216 g/mol. The molecule has 0 spiro atoms. The smallest absolute Gasteiger partial charge is 0.145 e. The molecule has 2 aromatic rings. The number of rotatable bonds is 3. The lowest BCUT2D eigenvalue weighted by Gasteiger charge is -2.11. The molecule has 2 rings (SSSR count). The van der Waals surface area contributed by atoms with Crippen LogP contribution in [0.5, 0.6) is 5.75 Å². The number of pyridine rings is 1. The Morgan fingerprint density at radius 2 is 2.12 bits per heavy atom. The summed E-state index contributed by atoms with van der Waals surface area (Å²) in [6, 6.07) is 6.05. The van der Waals surface area contributed by atoms with Gasteiger partial charge in [-0.2, -0.15) is 0 Å². The zero-order valence-corrected chi connectivity index (χ0v) is 9.66. The van der Waals surface area contributed by atoms with E-state index >= 15 is 0 Å². The number of methoxy groups -OCH3 is 1. The Balaban J connectivity index is 2.75. The fourth-order valence-corrected chi connectivity index (χ4v) is 2.02. The fourth-order valence-electron chi connectivity index (χ4n) is 2.02. The van der Waals surface area contributed by atoms with E-state index in [1.54, 1.807) is 7.11 Å². The number of fused-ring (bicyclic) bond motifs is 1. The molecule has 0 aliphatic rings. The van der Waals surface area contributed by atoms with Crippen molar-refractivity contribution >= 4 is 10.9 Å². The first-order valence-corrected chi connectivity index (χ1v) is 5.39. The Kier molecular flexibility index (Phi) is 3.06. The minimum Gasteiger partial charge on any atom is -0.494 e. The van der Waals surface area contributed by atoms with Crippen LogP contribution in [0.4, 0.5) is 0 Å². The Labute approximate surface area is 95.2 Å². The van der Waals surface area contributed by atoms with Gasteiger partial charge in [0.1, 0.15) is 11.3 Å². The first-order valence-electron chi connectivity index (χ1n) is 5.39. The van der Waals surface area contributed by atoms with E-state index in [2.05, 4.69) is 18.0 Å². The summed E-state index contributed by atoms with van der Waals surface area (Å²) < 4.78 is 5.32. The number of hydrogen-bond acceptors (Lipinski definition) is 3. The van der Waals surface area contributed by atoms with Crippen molar-refractivity contribution in [1.29, 1.82) is 0 Å². The van der Waals surface area contributed by atoms with Gasteiger partial charge in [-0.3, -0.25) is 4.98 Å². The molecule has 0 radical (unpaired) electrons. The molecular formula is C13H16N2O. The van der Waals surface area contributed by atoms with Crippen LogP contribution in [0.2, 0.25) is 0 Å². The molecule has 3 nitrogen and oxygen atoms in total. The van der Waals surface area contributed by atoms with Crippen molar-refractivity contribution in [3.63, 3.8) is 0 Å². The molecule has 0 bridgehead atoms. The highest BCUT2D eigenvalue weighted by Gasteiger charge is 2.08. The minimum absolute atomic E-state index is 0.649. The lowest BCUT2D eigenvalue weighted by atomic mass is 10.0. The molecule has 0 aliphatic heterocycles. The van der Waals surface area contributed by atoms with E-state index in [1.807, 2.05) is 18.3 Å². The van der Waals surface area contributed by atoms with Crippen molar-refractivity contribution in [2.45, 2.75) is 13.3 Å². The van der Waals surface area contributed by atoms with E-state index in [0.717, 1.165) is 17.7 Å². The number of benzene rings is 1. The van der Waals surface area contributed by atoms with Crippen LogP contribution in [0.15, 0.2) is 24.4 Å². The Morgan fingerprint density at radius 3 is 2.81 bits per heavy atom. The van der Waals surface area contributed by atoms with Gasteiger partial charge in [0.25, 0.3) is 0 Å². The summed E-state index contributed by atoms with van der Waals surface area (Å²) >= 11 is 0. The van der Waals surface area contributed by atoms with Crippen LogP contribution in [0.1, 0.15) is 11.1 Å². The quantitative estimate of drug-likeness (QED) is 0.854. The van der Waals surface area contributed by atoms with Crippen LogP contribution in [0.3, 0.4) is 0 Å². The first kappa shape index (κ1) is 10.9. The predicted octanol–water partition coefficient (Wildman–Crippen LogP) is 2.05. The van der Waals surface area contributed by atoms with Gasteiger partial charge in [0.05, 0.1) is 7.11 Å². The van der Waals surface area contributed by atoms with Crippen LogP contribution >= 0.6 is 0 Å². The van der Waals surface area contributed by atoms with Crippen LogP contribution in [-0.2, 0) is 6.42 Å². The molecule has 0 amide bonds. The number of aryl methyl sites for hydroxylation is 1. The van der Waals surface area contributed by atoms with Crippen molar-refractivity contribution in [2.75, 3.05) is 13.7 Å². The van der Waals surface area contributed by atoms with Gasteiger partial charge in [0.2, 0.25) is 0 Å². The largest absolute Gasteiger partial charge is 0.494 e. The highest BCUT2D eigenvalue weighted by Crippen LogP contribution is 2.28. The maximum atomic E-state index is 5.62. The summed E-state index contributed by atoms with van der Waals surface area (Å²) in [5.41, 5.74) is 9.00. The van der Waals surface area contributed by atoms with E-state index in [0.29, 0.717) is 6.54 Å². The van der Waals surface area contributed by atoms with Gasteiger partial charge in [-0.1, -0.05) is 6.07 Å². The molecule has 3 heteroatoms. The summed E-state index contributed by atoms with van der Waals surface area (Å²) in [5.74, 6) is 0.819. The van der Waals surface area contributed by atoms with E-state index in [-0.39, 0.29) is 0 Å². The van der Waals surface area contributed by atoms with Crippen LogP contribution in [0, 0.1) is 6.92 Å². The summed E-state index contributed by atoms with van der Waals surface area (Å²) in [7, 11) is 1.67. The third kappa shape index (κ3) is 1.74. The van der Waals surface area contributed by atoms with Crippen molar-refractivity contribution in [3.8, 4) is 5.75 Å². The molecule has 16 heavy (non-hydrogen) atoms. The standard InChI is InChI=1S/C13H16N2O/c1-9-6-8-15-13-11(16-2)4-3-10(5-7-14)12(9)13/h3-4,6,8H,5,7,14H2,1-2H3. The summed E-state index contributed by atoms with van der Waals surface area (Å²) in [6.07, 6.45) is 2.68. The van der Waals surface area contributed by atoms with Gasteiger partial charge in [0, 0.05) is 11.6 Å². The van der Waals surface area contributed by atoms with Crippen molar-refractivity contribution < 1.29 is 4.74 Å². The van der Waals surface area contributed by atoms with E-state index in [1.165, 1.54) is 16.5 Å². The maximum absolute atomic E-state index is 5.62. The first-order chi connectivity index (χ1) is 7.77. The lowest BCUT2D eigenvalue weighted by Crippen LogP contribution is -2.04. The van der Waals surface area contributed by atoms with Crippen LogP contribution < -0.4 is 10.5 Å². The van der Waals surface area contributed by atoms with E-state index < -0.39 is 0 Å². The molecule has 1 heterocycles. The average molecular weight is 216 g/mol. The third-order valence-corrected chi connectivity index (χ3v) is 2.78.